The minimum absolute atomic E-state index is 0.00750. The third-order valence-corrected chi connectivity index (χ3v) is 5.41. The van der Waals surface area contributed by atoms with Crippen LogP contribution in [0.1, 0.15) is 38.3 Å². The van der Waals surface area contributed by atoms with Crippen LogP contribution in [0.15, 0.2) is 29.3 Å². The molecule has 2 fully saturated rings. The van der Waals surface area contributed by atoms with Gasteiger partial charge in [-0.2, -0.15) is 13.2 Å². The van der Waals surface area contributed by atoms with Crippen LogP contribution < -0.4 is 10.6 Å². The molecule has 3 rings (SSSR count). The second-order valence-corrected chi connectivity index (χ2v) is 7.58. The summed E-state index contributed by atoms with van der Waals surface area (Å²) in [6.45, 7) is 7.98. The van der Waals surface area contributed by atoms with E-state index in [4.69, 9.17) is 4.74 Å². The summed E-state index contributed by atoms with van der Waals surface area (Å²) < 4.78 is 44.4. The average molecular weight is 369 g/mol. The first-order valence-electron chi connectivity index (χ1n) is 9.06. The Kier molecular flexibility index (Phi) is 5.19. The van der Waals surface area contributed by atoms with E-state index in [0.29, 0.717) is 24.0 Å². The summed E-state index contributed by atoms with van der Waals surface area (Å²) in [5, 5.41) is 6.66. The molecule has 1 aromatic carbocycles. The Bertz CT molecular complexity index is 672. The van der Waals surface area contributed by atoms with Crippen molar-refractivity contribution in [3.05, 3.63) is 35.4 Å². The molecule has 0 radical (unpaired) electrons. The molecule has 1 saturated carbocycles. The molecular formula is C19H26F3N3O. The fraction of sp³-hybridized carbons (Fsp3) is 0.632. The van der Waals surface area contributed by atoms with Crippen LogP contribution in [-0.4, -0.2) is 31.3 Å². The molecular weight excluding hydrogens is 343 g/mol. The number of nitrogens with zero attached hydrogens (tertiary/aromatic N) is 1. The molecule has 0 bridgehead atoms. The van der Waals surface area contributed by atoms with Crippen LogP contribution in [-0.2, 0) is 17.5 Å². The normalized spacial score (nSPS) is 27.6. The van der Waals surface area contributed by atoms with Crippen LogP contribution in [0.25, 0.3) is 0 Å². The summed E-state index contributed by atoms with van der Waals surface area (Å²) in [4.78, 5) is 4.49. The number of benzene rings is 1. The van der Waals surface area contributed by atoms with Gasteiger partial charge in [-0.05, 0) is 31.0 Å². The van der Waals surface area contributed by atoms with Gasteiger partial charge in [0.1, 0.15) is 0 Å². The van der Waals surface area contributed by atoms with Crippen molar-refractivity contribution in [3.8, 4) is 0 Å². The Morgan fingerprint density at radius 1 is 1.35 bits per heavy atom. The van der Waals surface area contributed by atoms with E-state index in [0.717, 1.165) is 25.2 Å². The van der Waals surface area contributed by atoms with E-state index in [1.807, 2.05) is 6.92 Å². The zero-order valence-electron chi connectivity index (χ0n) is 15.4. The summed E-state index contributed by atoms with van der Waals surface area (Å²) in [6.07, 6.45) is -3.04. The van der Waals surface area contributed by atoms with Gasteiger partial charge in [0.25, 0.3) is 0 Å². The first-order chi connectivity index (χ1) is 12.2. The summed E-state index contributed by atoms with van der Waals surface area (Å²) in [7, 11) is 0. The van der Waals surface area contributed by atoms with Gasteiger partial charge in [0.05, 0.1) is 18.2 Å². The number of aliphatic imine (C=N–C) groups is 1. The molecule has 0 spiro atoms. The van der Waals surface area contributed by atoms with Crippen molar-refractivity contribution in [1.82, 2.24) is 10.6 Å². The van der Waals surface area contributed by atoms with Gasteiger partial charge in [-0.3, -0.25) is 0 Å². The van der Waals surface area contributed by atoms with E-state index in [-0.39, 0.29) is 24.1 Å². The molecule has 3 atom stereocenters. The molecule has 1 saturated heterocycles. The van der Waals surface area contributed by atoms with Crippen molar-refractivity contribution < 1.29 is 17.9 Å². The second-order valence-electron chi connectivity index (χ2n) is 7.58. The first kappa shape index (κ1) is 19.0. The zero-order valence-corrected chi connectivity index (χ0v) is 15.4. The lowest BCUT2D eigenvalue weighted by molar-refractivity contribution is -0.137. The minimum Gasteiger partial charge on any atom is -0.377 e. The van der Waals surface area contributed by atoms with Crippen LogP contribution in [0, 0.1) is 11.3 Å². The molecule has 1 aromatic rings. The smallest absolute Gasteiger partial charge is 0.377 e. The number of alkyl halides is 3. The molecule has 1 heterocycles. The highest BCUT2D eigenvalue weighted by molar-refractivity contribution is 5.80. The lowest BCUT2D eigenvalue weighted by Gasteiger charge is -2.54. The van der Waals surface area contributed by atoms with Gasteiger partial charge in [-0.25, -0.2) is 4.99 Å². The van der Waals surface area contributed by atoms with Crippen LogP contribution in [0.5, 0.6) is 0 Å². The van der Waals surface area contributed by atoms with E-state index in [2.05, 4.69) is 29.5 Å². The lowest BCUT2D eigenvalue weighted by atomic mass is 9.57. The van der Waals surface area contributed by atoms with Gasteiger partial charge >= 0.3 is 6.18 Å². The third-order valence-electron chi connectivity index (χ3n) is 5.41. The molecule has 26 heavy (non-hydrogen) atoms. The molecule has 144 valence electrons. The Balaban J connectivity index is 1.70. The standard InChI is InChI=1S/C19H26F3N3O/c1-4-23-17(25-15-14-8-9-26-16(14)18(15,2)3)24-11-12-6-5-7-13(10-12)19(20,21)22/h5-7,10,14-16H,4,8-9,11H2,1-3H3,(H2,23,24,25). The van der Waals surface area contributed by atoms with Crippen LogP contribution in [0.2, 0.25) is 0 Å². The molecule has 1 aliphatic carbocycles. The fourth-order valence-electron chi connectivity index (χ4n) is 4.10. The van der Waals surface area contributed by atoms with Crippen molar-refractivity contribution in [2.45, 2.75) is 52.1 Å². The number of guanidine groups is 1. The summed E-state index contributed by atoms with van der Waals surface area (Å²) in [5.41, 5.74) is -0.102. The molecule has 7 heteroatoms. The highest BCUT2D eigenvalue weighted by Crippen LogP contribution is 2.52. The topological polar surface area (TPSA) is 45.7 Å². The van der Waals surface area contributed by atoms with Crippen LogP contribution >= 0.6 is 0 Å². The predicted molar refractivity (Wildman–Crippen MR) is 94.8 cm³/mol. The average Bonchev–Trinajstić information content (AvgIpc) is 3.04. The van der Waals surface area contributed by atoms with Gasteiger partial charge in [0.2, 0.25) is 0 Å². The fourth-order valence-corrected chi connectivity index (χ4v) is 4.10. The van der Waals surface area contributed by atoms with E-state index >= 15 is 0 Å². The van der Waals surface area contributed by atoms with Gasteiger partial charge < -0.3 is 15.4 Å². The second kappa shape index (κ2) is 7.10. The summed E-state index contributed by atoms with van der Waals surface area (Å²) in [6, 6.07) is 5.56. The zero-order chi connectivity index (χ0) is 18.9. The van der Waals surface area contributed by atoms with Crippen molar-refractivity contribution in [1.29, 1.82) is 0 Å². The number of rotatable bonds is 4. The number of fused-ring (bicyclic) bond motifs is 1. The SMILES string of the molecule is CCNC(=NCc1cccc(C(F)(F)F)c1)NC1C2CCOC2C1(C)C. The highest BCUT2D eigenvalue weighted by atomic mass is 19.4. The van der Waals surface area contributed by atoms with Gasteiger partial charge in [0, 0.05) is 30.5 Å². The number of halogens is 3. The van der Waals surface area contributed by atoms with E-state index in [1.165, 1.54) is 6.07 Å². The number of nitrogens with one attached hydrogen (secondary N) is 2. The van der Waals surface area contributed by atoms with Gasteiger partial charge in [-0.1, -0.05) is 26.0 Å². The number of ether oxygens (including phenoxy) is 1. The Labute approximate surface area is 152 Å². The van der Waals surface area contributed by atoms with Crippen LogP contribution in [0.4, 0.5) is 13.2 Å². The monoisotopic (exact) mass is 369 g/mol. The largest absolute Gasteiger partial charge is 0.416 e. The molecule has 2 N–H and O–H groups in total. The van der Waals surface area contributed by atoms with Gasteiger partial charge in [-0.15, -0.1) is 0 Å². The van der Waals surface area contributed by atoms with E-state index in [9.17, 15) is 13.2 Å². The Morgan fingerprint density at radius 2 is 2.12 bits per heavy atom. The van der Waals surface area contributed by atoms with E-state index < -0.39 is 11.7 Å². The molecule has 0 amide bonds. The molecule has 0 aromatic heterocycles. The molecule has 3 unspecified atom stereocenters. The Morgan fingerprint density at radius 3 is 2.81 bits per heavy atom. The maximum atomic E-state index is 12.9. The maximum absolute atomic E-state index is 12.9. The lowest BCUT2D eigenvalue weighted by Crippen LogP contribution is -2.67. The van der Waals surface area contributed by atoms with Crippen molar-refractivity contribution in [2.24, 2.45) is 16.3 Å². The van der Waals surface area contributed by atoms with Crippen LogP contribution in [0.3, 0.4) is 0 Å². The number of hydrogen-bond donors (Lipinski definition) is 2. The molecule has 2 aliphatic rings. The maximum Gasteiger partial charge on any atom is 0.416 e. The van der Waals surface area contributed by atoms with Crippen molar-refractivity contribution in [3.63, 3.8) is 0 Å². The Hall–Kier alpha value is -1.76. The summed E-state index contributed by atoms with van der Waals surface area (Å²) >= 11 is 0. The number of hydrogen-bond acceptors (Lipinski definition) is 2. The van der Waals surface area contributed by atoms with Crippen molar-refractivity contribution in [2.75, 3.05) is 13.2 Å². The van der Waals surface area contributed by atoms with Gasteiger partial charge in [0.15, 0.2) is 5.96 Å². The first-order valence-corrected chi connectivity index (χ1v) is 9.06. The summed E-state index contributed by atoms with van der Waals surface area (Å²) in [5.74, 6) is 1.09. The third kappa shape index (κ3) is 3.68. The van der Waals surface area contributed by atoms with Crippen molar-refractivity contribution >= 4 is 5.96 Å². The molecule has 4 nitrogen and oxygen atoms in total. The highest BCUT2D eigenvalue weighted by Gasteiger charge is 2.59. The minimum atomic E-state index is -4.34. The quantitative estimate of drug-likeness (QED) is 0.630. The molecule has 1 aliphatic heterocycles. The predicted octanol–water partition coefficient (Wildman–Crippen LogP) is 3.57. The van der Waals surface area contributed by atoms with E-state index in [1.54, 1.807) is 6.07 Å².